The Labute approximate surface area is 228 Å². The van der Waals surface area contributed by atoms with E-state index in [9.17, 15) is 21.6 Å². The van der Waals surface area contributed by atoms with Crippen LogP contribution in [0.5, 0.6) is 5.75 Å². The molecule has 37 heavy (non-hydrogen) atoms. The molecule has 0 saturated carbocycles. The van der Waals surface area contributed by atoms with Gasteiger partial charge in [0.05, 0.1) is 28.4 Å². The fourth-order valence-electron chi connectivity index (χ4n) is 3.93. The summed E-state index contributed by atoms with van der Waals surface area (Å²) in [5.74, 6) is 0.242. The topological polar surface area (TPSA) is 113 Å². The predicted octanol–water partition coefficient (Wildman–Crippen LogP) is 3.91. The number of carbonyl (C=O) groups excluding carboxylic acids is 1. The highest BCUT2D eigenvalue weighted by molar-refractivity contribution is 7.92. The molecule has 0 bridgehead atoms. The third-order valence-electron chi connectivity index (χ3n) is 5.81. The first-order valence-electron chi connectivity index (χ1n) is 11.9. The summed E-state index contributed by atoms with van der Waals surface area (Å²) in [6.07, 6.45) is 4.24. The number of sulfonamides is 2. The first kappa shape index (κ1) is 29.5. The molecule has 1 amide bonds. The monoisotopic (exact) mass is 591 g/mol. The highest BCUT2D eigenvalue weighted by Gasteiger charge is 2.25. The molecule has 0 radical (unpaired) electrons. The molecule has 2 aromatic carbocycles. The van der Waals surface area contributed by atoms with E-state index >= 15 is 0 Å². The van der Waals surface area contributed by atoms with Gasteiger partial charge in [-0.3, -0.25) is 9.10 Å². The first-order valence-corrected chi connectivity index (χ1v) is 16.0. The Morgan fingerprint density at radius 3 is 2.35 bits per heavy atom. The number of hydrogen-bond donors (Lipinski definition) is 1. The van der Waals surface area contributed by atoms with Crippen LogP contribution in [0.25, 0.3) is 0 Å². The predicted molar refractivity (Wildman–Crippen MR) is 145 cm³/mol. The second kappa shape index (κ2) is 13.1. The summed E-state index contributed by atoms with van der Waals surface area (Å²) in [5, 5.41) is 3.32. The number of rotatable bonds is 12. The second-order valence-electron chi connectivity index (χ2n) is 8.67. The van der Waals surface area contributed by atoms with Gasteiger partial charge in [0.25, 0.3) is 0 Å². The van der Waals surface area contributed by atoms with Gasteiger partial charge in [-0.15, -0.1) is 0 Å². The summed E-state index contributed by atoms with van der Waals surface area (Å²) >= 11 is 12.1. The lowest BCUT2D eigenvalue weighted by Gasteiger charge is -2.25. The molecule has 1 fully saturated rings. The number of benzene rings is 2. The van der Waals surface area contributed by atoms with Crippen molar-refractivity contribution in [3.8, 4) is 5.75 Å². The normalized spacial score (nSPS) is 14.8. The fourth-order valence-corrected chi connectivity index (χ4v) is 6.86. The van der Waals surface area contributed by atoms with E-state index in [0.717, 1.165) is 29.8 Å². The van der Waals surface area contributed by atoms with Crippen LogP contribution in [0.2, 0.25) is 10.0 Å². The van der Waals surface area contributed by atoms with Crippen LogP contribution in [-0.4, -0.2) is 66.1 Å². The molecule has 1 aliphatic heterocycles. The third kappa shape index (κ3) is 8.47. The van der Waals surface area contributed by atoms with Crippen molar-refractivity contribution in [2.45, 2.75) is 37.0 Å². The highest BCUT2D eigenvalue weighted by Crippen LogP contribution is 2.31. The Kier molecular flexibility index (Phi) is 10.5. The minimum Gasteiger partial charge on any atom is -0.492 e. The van der Waals surface area contributed by atoms with E-state index in [1.165, 1.54) is 28.6 Å². The van der Waals surface area contributed by atoms with Crippen molar-refractivity contribution >= 4 is 54.8 Å². The standard InChI is InChI=1S/C24H31Cl2N3O6S2/c1-36(31,32)29(23-18-19(25)7-12-22(23)26)16-5-6-24(30)27-13-17-35-20-8-10-21(11-9-20)37(33,34)28-14-3-2-4-15-28/h7-12,18H,2-6,13-17H2,1H3,(H,27,30). The molecule has 9 nitrogen and oxygen atoms in total. The molecule has 13 heteroatoms. The quantitative estimate of drug-likeness (QED) is 0.374. The van der Waals surface area contributed by atoms with Gasteiger partial charge in [0.1, 0.15) is 12.4 Å². The van der Waals surface area contributed by atoms with E-state index in [-0.39, 0.29) is 54.1 Å². The van der Waals surface area contributed by atoms with Crippen molar-refractivity contribution in [3.63, 3.8) is 0 Å². The van der Waals surface area contributed by atoms with Crippen molar-refractivity contribution in [3.05, 3.63) is 52.5 Å². The maximum Gasteiger partial charge on any atom is 0.243 e. The first-order chi connectivity index (χ1) is 17.5. The molecule has 0 spiro atoms. The van der Waals surface area contributed by atoms with Gasteiger partial charge in [0.15, 0.2) is 0 Å². The van der Waals surface area contributed by atoms with Crippen LogP contribution in [-0.2, 0) is 24.8 Å². The Morgan fingerprint density at radius 1 is 1.03 bits per heavy atom. The molecular formula is C24H31Cl2N3O6S2. The number of nitrogens with zero attached hydrogens (tertiary/aromatic N) is 2. The Balaban J connectivity index is 1.42. The van der Waals surface area contributed by atoms with Crippen LogP contribution in [0, 0.1) is 0 Å². The SMILES string of the molecule is CS(=O)(=O)N(CCCC(=O)NCCOc1ccc(S(=O)(=O)N2CCCCC2)cc1)c1cc(Cl)ccc1Cl. The molecule has 0 aliphatic carbocycles. The molecule has 1 aliphatic rings. The average molecular weight is 593 g/mol. The number of anilines is 1. The molecule has 1 N–H and O–H groups in total. The lowest BCUT2D eigenvalue weighted by Crippen LogP contribution is -2.35. The van der Waals surface area contributed by atoms with Gasteiger partial charge >= 0.3 is 0 Å². The number of carbonyl (C=O) groups is 1. The van der Waals surface area contributed by atoms with E-state index in [2.05, 4.69) is 5.32 Å². The van der Waals surface area contributed by atoms with Crippen molar-refractivity contribution in [1.82, 2.24) is 9.62 Å². The molecule has 204 valence electrons. The molecule has 0 aromatic heterocycles. The number of piperidine rings is 1. The van der Waals surface area contributed by atoms with Crippen LogP contribution < -0.4 is 14.4 Å². The van der Waals surface area contributed by atoms with Crippen LogP contribution in [0.3, 0.4) is 0 Å². The maximum absolute atomic E-state index is 12.7. The summed E-state index contributed by atoms with van der Waals surface area (Å²) in [6, 6.07) is 10.8. The van der Waals surface area contributed by atoms with Crippen molar-refractivity contribution in [1.29, 1.82) is 0 Å². The Morgan fingerprint density at radius 2 is 1.70 bits per heavy atom. The zero-order chi connectivity index (χ0) is 27.1. The maximum atomic E-state index is 12.7. The second-order valence-corrected chi connectivity index (χ2v) is 13.4. The van der Waals surface area contributed by atoms with E-state index in [1.807, 2.05) is 0 Å². The number of halogens is 2. The largest absolute Gasteiger partial charge is 0.492 e. The molecule has 0 unspecified atom stereocenters. The number of hydrogen-bond acceptors (Lipinski definition) is 6. The van der Waals surface area contributed by atoms with Gasteiger partial charge in [-0.05, 0) is 61.7 Å². The van der Waals surface area contributed by atoms with Gasteiger partial charge < -0.3 is 10.1 Å². The Bertz CT molecular complexity index is 1280. The van der Waals surface area contributed by atoms with Gasteiger partial charge in [-0.2, -0.15) is 4.31 Å². The van der Waals surface area contributed by atoms with Crippen LogP contribution in [0.15, 0.2) is 47.4 Å². The lowest BCUT2D eigenvalue weighted by molar-refractivity contribution is -0.121. The van der Waals surface area contributed by atoms with E-state index < -0.39 is 20.0 Å². The zero-order valence-electron chi connectivity index (χ0n) is 20.5. The minimum absolute atomic E-state index is 0.0650. The van der Waals surface area contributed by atoms with Gasteiger partial charge in [0.2, 0.25) is 26.0 Å². The molecular weight excluding hydrogens is 561 g/mol. The number of ether oxygens (including phenoxy) is 1. The van der Waals surface area contributed by atoms with Crippen LogP contribution >= 0.6 is 23.2 Å². The summed E-state index contributed by atoms with van der Waals surface area (Å²) < 4.78 is 58.2. The van der Waals surface area contributed by atoms with E-state index in [0.29, 0.717) is 23.9 Å². The molecule has 2 aromatic rings. The fraction of sp³-hybridized carbons (Fsp3) is 0.458. The molecule has 1 heterocycles. The lowest BCUT2D eigenvalue weighted by atomic mass is 10.2. The van der Waals surface area contributed by atoms with Crippen molar-refractivity contribution in [2.75, 3.05) is 43.3 Å². The highest BCUT2D eigenvalue weighted by atomic mass is 35.5. The zero-order valence-corrected chi connectivity index (χ0v) is 23.7. The van der Waals surface area contributed by atoms with Gasteiger partial charge in [-0.25, -0.2) is 16.8 Å². The summed E-state index contributed by atoms with van der Waals surface area (Å²) in [4.78, 5) is 12.4. The van der Waals surface area contributed by atoms with Gasteiger partial charge in [-0.1, -0.05) is 29.6 Å². The summed E-state index contributed by atoms with van der Waals surface area (Å²) in [7, 11) is -7.12. The summed E-state index contributed by atoms with van der Waals surface area (Å²) in [6.45, 7) is 1.58. The van der Waals surface area contributed by atoms with E-state index in [1.54, 1.807) is 18.2 Å². The molecule has 3 rings (SSSR count). The number of nitrogens with one attached hydrogen (secondary N) is 1. The van der Waals surface area contributed by atoms with Gasteiger partial charge in [0, 0.05) is 31.1 Å². The smallest absolute Gasteiger partial charge is 0.243 e. The number of amides is 1. The van der Waals surface area contributed by atoms with Crippen molar-refractivity contribution < 1.29 is 26.4 Å². The van der Waals surface area contributed by atoms with Crippen LogP contribution in [0.4, 0.5) is 5.69 Å². The Hall–Kier alpha value is -2.05. The average Bonchev–Trinajstić information content (AvgIpc) is 2.86. The van der Waals surface area contributed by atoms with Crippen LogP contribution in [0.1, 0.15) is 32.1 Å². The van der Waals surface area contributed by atoms with Crippen molar-refractivity contribution in [2.24, 2.45) is 0 Å². The molecule has 0 atom stereocenters. The minimum atomic E-state index is -3.63. The van der Waals surface area contributed by atoms with E-state index in [4.69, 9.17) is 27.9 Å². The third-order valence-corrected chi connectivity index (χ3v) is 9.46. The molecule has 1 saturated heterocycles. The summed E-state index contributed by atoms with van der Waals surface area (Å²) in [5.41, 5.74) is 0.264.